The molecule has 0 aromatic carbocycles. The lowest BCUT2D eigenvalue weighted by Gasteiger charge is -2.12. The summed E-state index contributed by atoms with van der Waals surface area (Å²) in [6, 6.07) is 0.0702. The summed E-state index contributed by atoms with van der Waals surface area (Å²) in [5, 5.41) is 11.7. The Morgan fingerprint density at radius 1 is 1.38 bits per heavy atom. The van der Waals surface area contributed by atoms with Crippen molar-refractivity contribution in [1.82, 2.24) is 5.32 Å². The lowest BCUT2D eigenvalue weighted by atomic mass is 10.1. The van der Waals surface area contributed by atoms with Gasteiger partial charge < -0.3 is 10.4 Å². The minimum Gasteiger partial charge on any atom is -0.481 e. The van der Waals surface area contributed by atoms with Crippen molar-refractivity contribution in [3.63, 3.8) is 0 Å². The van der Waals surface area contributed by atoms with Crippen LogP contribution in [0.1, 0.15) is 46.0 Å². The molecule has 1 aliphatic rings. The van der Waals surface area contributed by atoms with E-state index in [1.54, 1.807) is 0 Å². The predicted octanol–water partition coefficient (Wildman–Crippen LogP) is 1.79. The third-order valence-corrected chi connectivity index (χ3v) is 3.10. The maximum absolute atomic E-state index is 11.5. The lowest BCUT2D eigenvalue weighted by Crippen LogP contribution is -2.33. The highest BCUT2D eigenvalue weighted by atomic mass is 16.4. The molecule has 2 N–H and O–H groups in total. The fourth-order valence-electron chi connectivity index (χ4n) is 2.06. The summed E-state index contributed by atoms with van der Waals surface area (Å²) in [6.07, 6.45) is 3.50. The number of carboxylic acids is 1. The van der Waals surface area contributed by atoms with E-state index >= 15 is 0 Å². The Morgan fingerprint density at radius 3 is 2.56 bits per heavy atom. The third-order valence-electron chi connectivity index (χ3n) is 3.10. The molecule has 0 bridgehead atoms. The summed E-state index contributed by atoms with van der Waals surface area (Å²) < 4.78 is 0. The monoisotopic (exact) mass is 227 g/mol. The second kappa shape index (κ2) is 5.87. The Kier molecular flexibility index (Phi) is 4.77. The van der Waals surface area contributed by atoms with Crippen LogP contribution in [0, 0.1) is 11.8 Å². The van der Waals surface area contributed by atoms with Gasteiger partial charge in [0.2, 0.25) is 5.91 Å². The van der Waals surface area contributed by atoms with Gasteiger partial charge in [0.15, 0.2) is 0 Å². The second-order valence-corrected chi connectivity index (χ2v) is 5.05. The summed E-state index contributed by atoms with van der Waals surface area (Å²) in [6.45, 7) is 4.17. The van der Waals surface area contributed by atoms with Gasteiger partial charge in [0, 0.05) is 12.5 Å². The topological polar surface area (TPSA) is 66.4 Å². The number of hydrogen-bond acceptors (Lipinski definition) is 2. The van der Waals surface area contributed by atoms with Crippen molar-refractivity contribution in [2.75, 3.05) is 0 Å². The number of amides is 1. The van der Waals surface area contributed by atoms with Gasteiger partial charge in [0.1, 0.15) is 0 Å². The van der Waals surface area contributed by atoms with Crippen molar-refractivity contribution in [2.45, 2.75) is 52.0 Å². The summed E-state index contributed by atoms with van der Waals surface area (Å²) in [5.74, 6) is -0.417. The van der Waals surface area contributed by atoms with Crippen LogP contribution in [-0.4, -0.2) is 23.0 Å². The van der Waals surface area contributed by atoms with Gasteiger partial charge >= 0.3 is 5.97 Å². The van der Waals surface area contributed by atoms with Gasteiger partial charge in [-0.3, -0.25) is 9.59 Å². The molecule has 0 heterocycles. The second-order valence-electron chi connectivity index (χ2n) is 5.05. The molecule has 0 spiro atoms. The van der Waals surface area contributed by atoms with Crippen molar-refractivity contribution in [3.8, 4) is 0 Å². The smallest absolute Gasteiger partial charge is 0.306 e. The van der Waals surface area contributed by atoms with Crippen LogP contribution < -0.4 is 5.32 Å². The highest BCUT2D eigenvalue weighted by Crippen LogP contribution is 2.25. The molecule has 16 heavy (non-hydrogen) atoms. The van der Waals surface area contributed by atoms with Crippen molar-refractivity contribution in [2.24, 2.45) is 11.8 Å². The van der Waals surface area contributed by atoms with Gasteiger partial charge in [0.05, 0.1) is 5.92 Å². The number of carbonyl (C=O) groups excluding carboxylic acids is 1. The highest BCUT2D eigenvalue weighted by Gasteiger charge is 2.30. The zero-order chi connectivity index (χ0) is 12.1. The number of carboxylic acid groups (broad SMARTS) is 1. The fraction of sp³-hybridized carbons (Fsp3) is 0.833. The first kappa shape index (κ1) is 13.0. The summed E-state index contributed by atoms with van der Waals surface area (Å²) in [7, 11) is 0. The lowest BCUT2D eigenvalue weighted by molar-refractivity contribution is -0.141. The van der Waals surface area contributed by atoms with Crippen LogP contribution in [0.5, 0.6) is 0 Å². The molecule has 92 valence electrons. The maximum Gasteiger partial charge on any atom is 0.306 e. The number of hydrogen-bond donors (Lipinski definition) is 2. The molecule has 0 radical (unpaired) electrons. The average molecular weight is 227 g/mol. The van der Waals surface area contributed by atoms with Crippen LogP contribution in [0.15, 0.2) is 0 Å². The Hall–Kier alpha value is -1.06. The molecule has 1 rings (SSSR count). The Morgan fingerprint density at radius 2 is 2.06 bits per heavy atom. The Balaban J connectivity index is 2.23. The molecular weight excluding hydrogens is 206 g/mol. The van der Waals surface area contributed by atoms with Gasteiger partial charge in [-0.15, -0.1) is 0 Å². The molecule has 1 saturated carbocycles. The van der Waals surface area contributed by atoms with E-state index in [9.17, 15) is 9.59 Å². The molecular formula is C12H21NO3. The number of nitrogens with one attached hydrogen (secondary N) is 1. The molecule has 1 aliphatic carbocycles. The van der Waals surface area contributed by atoms with Gasteiger partial charge in [-0.25, -0.2) is 0 Å². The molecule has 1 amide bonds. The molecule has 4 nitrogen and oxygen atoms in total. The first-order chi connectivity index (χ1) is 7.49. The molecule has 0 unspecified atom stereocenters. The minimum atomic E-state index is -0.737. The van der Waals surface area contributed by atoms with Crippen LogP contribution >= 0.6 is 0 Å². The van der Waals surface area contributed by atoms with Gasteiger partial charge in [-0.2, -0.15) is 0 Å². The first-order valence-electron chi connectivity index (χ1n) is 6.01. The molecule has 0 aliphatic heterocycles. The predicted molar refractivity (Wildman–Crippen MR) is 61.0 cm³/mol. The summed E-state index contributed by atoms with van der Waals surface area (Å²) >= 11 is 0. The SMILES string of the molecule is CC(C)CCC(=O)N[C@@H]1CC[C@H](C(=O)O)C1. The van der Waals surface area contributed by atoms with Crippen LogP contribution in [0.4, 0.5) is 0 Å². The van der Waals surface area contributed by atoms with Crippen LogP contribution in [0.25, 0.3) is 0 Å². The van der Waals surface area contributed by atoms with Crippen molar-refractivity contribution >= 4 is 11.9 Å². The third kappa shape index (κ3) is 4.21. The standard InChI is InChI=1S/C12H21NO3/c1-8(2)3-6-11(14)13-10-5-4-9(7-10)12(15)16/h8-10H,3-7H2,1-2H3,(H,13,14)(H,15,16)/t9-,10+/m0/s1. The largest absolute Gasteiger partial charge is 0.481 e. The summed E-state index contributed by atoms with van der Waals surface area (Å²) in [4.78, 5) is 22.3. The Bertz CT molecular complexity index is 263. The van der Waals surface area contributed by atoms with E-state index in [1.807, 2.05) is 0 Å². The average Bonchev–Trinajstić information content (AvgIpc) is 2.63. The Labute approximate surface area is 96.4 Å². The van der Waals surface area contributed by atoms with E-state index in [1.165, 1.54) is 0 Å². The fourth-order valence-corrected chi connectivity index (χ4v) is 2.06. The van der Waals surface area contributed by atoms with Gasteiger partial charge in [0.25, 0.3) is 0 Å². The van der Waals surface area contributed by atoms with Gasteiger partial charge in [-0.1, -0.05) is 13.8 Å². The highest BCUT2D eigenvalue weighted by molar-refractivity contribution is 5.76. The first-order valence-corrected chi connectivity index (χ1v) is 6.01. The normalized spacial score (nSPS) is 24.7. The van der Waals surface area contributed by atoms with Crippen molar-refractivity contribution in [1.29, 1.82) is 0 Å². The van der Waals surface area contributed by atoms with Gasteiger partial charge in [-0.05, 0) is 31.6 Å². The minimum absolute atomic E-state index is 0.0599. The molecule has 2 atom stereocenters. The number of aliphatic carboxylic acids is 1. The zero-order valence-electron chi connectivity index (χ0n) is 10.0. The van der Waals surface area contributed by atoms with Crippen LogP contribution in [-0.2, 0) is 9.59 Å². The molecule has 4 heteroatoms. The van der Waals surface area contributed by atoms with E-state index in [0.29, 0.717) is 25.2 Å². The van der Waals surface area contributed by atoms with Crippen LogP contribution in [0.3, 0.4) is 0 Å². The molecule has 1 fully saturated rings. The maximum atomic E-state index is 11.5. The molecule has 0 aromatic heterocycles. The van der Waals surface area contributed by atoms with E-state index in [4.69, 9.17) is 5.11 Å². The number of rotatable bonds is 5. The van der Waals surface area contributed by atoms with E-state index in [0.717, 1.165) is 12.8 Å². The molecule has 0 aromatic rings. The van der Waals surface area contributed by atoms with Crippen molar-refractivity contribution in [3.05, 3.63) is 0 Å². The van der Waals surface area contributed by atoms with Crippen LogP contribution in [0.2, 0.25) is 0 Å². The van der Waals surface area contributed by atoms with E-state index in [2.05, 4.69) is 19.2 Å². The van der Waals surface area contributed by atoms with Crippen molar-refractivity contribution < 1.29 is 14.7 Å². The number of carbonyl (C=O) groups is 2. The quantitative estimate of drug-likeness (QED) is 0.752. The van der Waals surface area contributed by atoms with E-state index in [-0.39, 0.29) is 17.9 Å². The van der Waals surface area contributed by atoms with E-state index < -0.39 is 5.97 Å². The zero-order valence-corrected chi connectivity index (χ0v) is 10.0. The summed E-state index contributed by atoms with van der Waals surface area (Å²) in [5.41, 5.74) is 0. The molecule has 0 saturated heterocycles.